The van der Waals surface area contributed by atoms with Crippen molar-refractivity contribution >= 4 is 35.7 Å². The molecule has 0 saturated heterocycles. The van der Waals surface area contributed by atoms with Gasteiger partial charge in [0.2, 0.25) is 17.7 Å². The fraction of sp³-hybridized carbons (Fsp3) is 0.486. The molecule has 0 heterocycles. The van der Waals surface area contributed by atoms with E-state index in [1.54, 1.807) is 50.2 Å². The lowest BCUT2D eigenvalue weighted by molar-refractivity contribution is -0.140. The van der Waals surface area contributed by atoms with Crippen LogP contribution < -0.4 is 21.3 Å². The van der Waals surface area contributed by atoms with Crippen molar-refractivity contribution < 1.29 is 33.8 Å². The number of nitrogens with one attached hydrogen (secondary N) is 4. The maximum absolute atomic E-state index is 13.8. The largest absolute Gasteiger partial charge is 0.508 e. The third-order valence-corrected chi connectivity index (χ3v) is 7.42. The summed E-state index contributed by atoms with van der Waals surface area (Å²) in [5, 5.41) is 21.1. The zero-order chi connectivity index (χ0) is 36.0. The van der Waals surface area contributed by atoms with Gasteiger partial charge < -0.3 is 31.1 Å². The summed E-state index contributed by atoms with van der Waals surface area (Å²) in [6, 6.07) is 10.6. The van der Waals surface area contributed by atoms with Gasteiger partial charge in [0, 0.05) is 11.1 Å². The number of hydrogen-bond donors (Lipinski definition) is 5. The number of hydrogen-bond acceptors (Lipinski definition) is 7. The highest BCUT2D eigenvalue weighted by Crippen LogP contribution is 2.20. The molecule has 0 fully saturated rings. The van der Waals surface area contributed by atoms with Crippen LogP contribution in [0.4, 0.5) is 0 Å². The van der Waals surface area contributed by atoms with Gasteiger partial charge in [0.25, 0.3) is 5.91 Å². The Hall–Kier alpha value is -4.67. The Balaban J connectivity index is 2.31. The molecule has 2 rings (SSSR count). The van der Waals surface area contributed by atoms with Crippen molar-refractivity contribution in [3.63, 3.8) is 0 Å². The molecule has 3 atom stereocenters. The minimum absolute atomic E-state index is 0.00395. The van der Waals surface area contributed by atoms with Gasteiger partial charge in [0.1, 0.15) is 29.6 Å². The summed E-state index contributed by atoms with van der Waals surface area (Å²) < 4.78 is 5.16. The lowest BCUT2D eigenvalue weighted by Crippen LogP contribution is -2.57. The fourth-order valence-electron chi connectivity index (χ4n) is 5.05. The summed E-state index contributed by atoms with van der Waals surface area (Å²) >= 11 is 0. The van der Waals surface area contributed by atoms with Gasteiger partial charge in [-0.2, -0.15) is 0 Å². The van der Waals surface area contributed by atoms with Crippen molar-refractivity contribution in [3.8, 4) is 5.75 Å². The van der Waals surface area contributed by atoms with Gasteiger partial charge in [-0.05, 0) is 74.6 Å². The van der Waals surface area contributed by atoms with E-state index in [1.165, 1.54) is 12.1 Å². The minimum atomic E-state index is -1.03. The average Bonchev–Trinajstić information content (AvgIpc) is 3.00. The molecule has 11 nitrogen and oxygen atoms in total. The van der Waals surface area contributed by atoms with Gasteiger partial charge >= 0.3 is 5.97 Å². The Morgan fingerprint density at radius 3 is 1.71 bits per heavy atom. The molecule has 0 radical (unpaired) electrons. The van der Waals surface area contributed by atoms with Crippen molar-refractivity contribution in [3.05, 3.63) is 70.9 Å². The SMILES string of the molecule is CCOC(=O)/C(=C\c1ccccc1)NC(=O)[C@H](CC(C)C)NC(=O)[C@H](CC(C)C)NC(=O)[C@H](CC(C)C)NC(=O)c1cccc(O)c1C. The first-order valence-electron chi connectivity index (χ1n) is 16.6. The van der Waals surface area contributed by atoms with E-state index in [2.05, 4.69) is 21.3 Å². The van der Waals surface area contributed by atoms with E-state index in [0.717, 1.165) is 0 Å². The molecule has 4 amide bonds. The number of rotatable bonds is 17. The monoisotopic (exact) mass is 664 g/mol. The minimum Gasteiger partial charge on any atom is -0.508 e. The summed E-state index contributed by atoms with van der Waals surface area (Å²) in [5.41, 5.74) is 1.22. The first-order chi connectivity index (χ1) is 22.6. The Kier molecular flexibility index (Phi) is 15.8. The van der Waals surface area contributed by atoms with Crippen molar-refractivity contribution in [2.75, 3.05) is 6.61 Å². The fourth-order valence-corrected chi connectivity index (χ4v) is 5.05. The van der Waals surface area contributed by atoms with Crippen LogP contribution in [0.5, 0.6) is 5.75 Å². The van der Waals surface area contributed by atoms with E-state index in [1.807, 2.05) is 47.6 Å². The van der Waals surface area contributed by atoms with Crippen LogP contribution in [0.15, 0.2) is 54.2 Å². The van der Waals surface area contributed by atoms with E-state index in [0.29, 0.717) is 17.5 Å². The van der Waals surface area contributed by atoms with Gasteiger partial charge in [-0.25, -0.2) is 4.79 Å². The van der Waals surface area contributed by atoms with Crippen LogP contribution in [0.3, 0.4) is 0 Å². The number of carbonyl (C=O) groups excluding carboxylic acids is 5. The first kappa shape index (κ1) is 39.5. The van der Waals surface area contributed by atoms with Crippen molar-refractivity contribution in [2.45, 2.75) is 92.8 Å². The standard InChI is InChI=1S/C37H52N4O7/c1-9-48-37(47)31(21-26-14-11-10-12-15-26)41-36(46)30(20-24(6)7)40-35(45)29(19-23(4)5)39-34(44)28(18-22(2)3)38-33(43)27-16-13-17-32(42)25(27)8/h10-17,21-24,28-30,42H,9,18-20H2,1-8H3,(H,38,43)(H,39,44)(H,40,45)(H,41,46)/b31-21+/t28-,29-,30-/m0/s1. The molecule has 0 aliphatic rings. The molecule has 0 aliphatic heterocycles. The summed E-state index contributed by atoms with van der Waals surface area (Å²) in [4.78, 5) is 66.9. The molecule has 11 heteroatoms. The molecule has 48 heavy (non-hydrogen) atoms. The lowest BCUT2D eigenvalue weighted by Gasteiger charge is -2.27. The van der Waals surface area contributed by atoms with E-state index in [9.17, 15) is 29.1 Å². The third kappa shape index (κ3) is 12.8. The predicted octanol–water partition coefficient (Wildman–Crippen LogP) is 4.63. The molecular weight excluding hydrogens is 612 g/mol. The number of aromatic hydroxyl groups is 1. The number of benzene rings is 2. The number of phenolic OH excluding ortho intramolecular Hbond substituents is 1. The van der Waals surface area contributed by atoms with E-state index < -0.39 is 47.7 Å². The summed E-state index contributed by atoms with van der Waals surface area (Å²) in [5.74, 6) is -2.97. The van der Waals surface area contributed by atoms with Gasteiger partial charge in [0.15, 0.2) is 0 Å². The summed E-state index contributed by atoms with van der Waals surface area (Å²) in [6.45, 7) is 14.8. The molecule has 0 spiro atoms. The molecular formula is C37H52N4O7. The Morgan fingerprint density at radius 1 is 0.708 bits per heavy atom. The van der Waals surface area contributed by atoms with Crippen LogP contribution in [0.1, 0.15) is 89.2 Å². The maximum atomic E-state index is 13.8. The topological polar surface area (TPSA) is 163 Å². The van der Waals surface area contributed by atoms with Crippen molar-refractivity contribution in [2.24, 2.45) is 17.8 Å². The molecule has 2 aromatic rings. The normalized spacial score (nSPS) is 13.4. The van der Waals surface area contributed by atoms with Gasteiger partial charge in [-0.15, -0.1) is 0 Å². The summed E-state index contributed by atoms with van der Waals surface area (Å²) in [6.07, 6.45) is 2.34. The summed E-state index contributed by atoms with van der Waals surface area (Å²) in [7, 11) is 0. The molecule has 0 saturated carbocycles. The predicted molar refractivity (Wildman–Crippen MR) is 186 cm³/mol. The van der Waals surface area contributed by atoms with Gasteiger partial charge in [-0.3, -0.25) is 19.2 Å². The Bertz CT molecular complexity index is 1440. The lowest BCUT2D eigenvalue weighted by atomic mass is 9.98. The molecule has 0 bridgehead atoms. The van der Waals surface area contributed by atoms with Crippen LogP contribution in [-0.4, -0.2) is 59.4 Å². The second-order valence-electron chi connectivity index (χ2n) is 13.2. The number of ether oxygens (including phenoxy) is 1. The quantitative estimate of drug-likeness (QED) is 0.122. The first-order valence-corrected chi connectivity index (χ1v) is 16.6. The smallest absolute Gasteiger partial charge is 0.354 e. The van der Waals surface area contributed by atoms with Crippen LogP contribution in [0.2, 0.25) is 0 Å². The highest BCUT2D eigenvalue weighted by Gasteiger charge is 2.32. The van der Waals surface area contributed by atoms with E-state index in [4.69, 9.17) is 4.74 Å². The number of esters is 1. The average molecular weight is 665 g/mol. The van der Waals surface area contributed by atoms with Crippen molar-refractivity contribution in [1.82, 2.24) is 21.3 Å². The Morgan fingerprint density at radius 2 is 1.21 bits per heavy atom. The van der Waals surface area contributed by atoms with Gasteiger partial charge in [0.05, 0.1) is 6.61 Å². The highest BCUT2D eigenvalue weighted by molar-refractivity contribution is 6.01. The van der Waals surface area contributed by atoms with Gasteiger partial charge in [-0.1, -0.05) is 77.9 Å². The van der Waals surface area contributed by atoms with Crippen LogP contribution in [0.25, 0.3) is 6.08 Å². The van der Waals surface area contributed by atoms with Crippen molar-refractivity contribution in [1.29, 1.82) is 0 Å². The number of phenols is 1. The Labute approximate surface area is 284 Å². The number of amides is 4. The molecule has 0 aliphatic carbocycles. The zero-order valence-electron chi connectivity index (χ0n) is 29.4. The number of carbonyl (C=O) groups is 5. The molecule has 0 unspecified atom stereocenters. The second kappa shape index (κ2) is 19.2. The van der Waals surface area contributed by atoms with E-state index in [-0.39, 0.29) is 54.2 Å². The highest BCUT2D eigenvalue weighted by atomic mass is 16.5. The van der Waals surface area contributed by atoms with Crippen LogP contribution in [-0.2, 0) is 23.9 Å². The molecule has 262 valence electrons. The third-order valence-electron chi connectivity index (χ3n) is 7.42. The zero-order valence-corrected chi connectivity index (χ0v) is 29.4. The molecule has 0 aromatic heterocycles. The van der Waals surface area contributed by atoms with Crippen LogP contribution in [0, 0.1) is 24.7 Å². The molecule has 2 aromatic carbocycles. The second-order valence-corrected chi connectivity index (χ2v) is 13.2. The maximum Gasteiger partial charge on any atom is 0.354 e. The van der Waals surface area contributed by atoms with E-state index >= 15 is 0 Å². The molecule has 5 N–H and O–H groups in total. The van der Waals surface area contributed by atoms with Crippen LogP contribution >= 0.6 is 0 Å².